The lowest BCUT2D eigenvalue weighted by Crippen LogP contribution is -2.37. The van der Waals surface area contributed by atoms with Crippen LogP contribution in [0.5, 0.6) is 0 Å². The zero-order valence-electron chi connectivity index (χ0n) is 12.1. The molecule has 1 atom stereocenters. The molecular formula is C14H22ClN3O2. The smallest absolute Gasteiger partial charge is 0.253 e. The molecule has 0 aliphatic carbocycles. The number of carbonyl (C=O) groups is 2. The van der Waals surface area contributed by atoms with Gasteiger partial charge >= 0.3 is 0 Å². The predicted octanol–water partition coefficient (Wildman–Crippen LogP) is 1.02. The van der Waals surface area contributed by atoms with Crippen LogP contribution in [0.15, 0.2) is 24.3 Å². The topological polar surface area (TPSA) is 75.4 Å². The van der Waals surface area contributed by atoms with Crippen LogP contribution in [0, 0.1) is 5.92 Å². The summed E-state index contributed by atoms with van der Waals surface area (Å²) in [7, 11) is 3.28. The van der Waals surface area contributed by atoms with Crippen LogP contribution < -0.4 is 11.1 Å². The number of carbonyl (C=O) groups excluding carboxylic acids is 2. The van der Waals surface area contributed by atoms with Crippen molar-refractivity contribution in [2.75, 3.05) is 20.6 Å². The summed E-state index contributed by atoms with van der Waals surface area (Å²) in [6.07, 6.45) is 0. The normalized spacial score (nSPS) is 11.2. The van der Waals surface area contributed by atoms with Crippen molar-refractivity contribution in [2.24, 2.45) is 11.7 Å². The summed E-state index contributed by atoms with van der Waals surface area (Å²) in [5, 5.41) is 2.57. The van der Waals surface area contributed by atoms with E-state index in [4.69, 9.17) is 5.73 Å². The zero-order chi connectivity index (χ0) is 14.4. The predicted molar refractivity (Wildman–Crippen MR) is 81.8 cm³/mol. The van der Waals surface area contributed by atoms with Gasteiger partial charge < -0.3 is 16.0 Å². The van der Waals surface area contributed by atoms with E-state index in [1.54, 1.807) is 38.1 Å². The highest BCUT2D eigenvalue weighted by Gasteiger charge is 2.18. The quantitative estimate of drug-likeness (QED) is 0.852. The minimum atomic E-state index is -0.234. The van der Waals surface area contributed by atoms with E-state index in [0.29, 0.717) is 18.7 Å². The molecule has 0 aliphatic rings. The Morgan fingerprint density at radius 1 is 1.30 bits per heavy atom. The summed E-state index contributed by atoms with van der Waals surface area (Å²) in [6.45, 7) is 2.63. The van der Waals surface area contributed by atoms with Gasteiger partial charge in [-0.25, -0.2) is 0 Å². The molecule has 3 N–H and O–H groups in total. The van der Waals surface area contributed by atoms with Crippen LogP contribution in [-0.4, -0.2) is 37.4 Å². The van der Waals surface area contributed by atoms with Gasteiger partial charge in [0.25, 0.3) is 5.91 Å². The molecule has 0 spiro atoms. The summed E-state index contributed by atoms with van der Waals surface area (Å²) < 4.78 is 0. The van der Waals surface area contributed by atoms with Crippen molar-refractivity contribution in [3.8, 4) is 0 Å². The largest absolute Gasteiger partial charge is 0.359 e. The first-order chi connectivity index (χ1) is 8.99. The Hall–Kier alpha value is -1.59. The molecule has 1 rings (SSSR count). The fourth-order valence-electron chi connectivity index (χ4n) is 1.83. The second-order valence-electron chi connectivity index (χ2n) is 4.60. The molecule has 0 radical (unpaired) electrons. The number of rotatable bonds is 5. The number of hydrogen-bond acceptors (Lipinski definition) is 3. The minimum absolute atomic E-state index is 0. The molecule has 0 aliphatic heterocycles. The fraction of sp³-hybridized carbons (Fsp3) is 0.429. The Kier molecular flexibility index (Phi) is 7.87. The lowest BCUT2D eigenvalue weighted by atomic mass is 10.1. The van der Waals surface area contributed by atoms with Crippen molar-refractivity contribution >= 4 is 24.2 Å². The van der Waals surface area contributed by atoms with Crippen LogP contribution >= 0.6 is 12.4 Å². The number of nitrogens with zero attached hydrogens (tertiary/aromatic N) is 1. The maximum absolute atomic E-state index is 12.2. The molecule has 1 aromatic carbocycles. The van der Waals surface area contributed by atoms with Gasteiger partial charge in [-0.05, 0) is 17.7 Å². The molecule has 0 bridgehead atoms. The monoisotopic (exact) mass is 299 g/mol. The van der Waals surface area contributed by atoms with Gasteiger partial charge in [-0.2, -0.15) is 0 Å². The summed E-state index contributed by atoms with van der Waals surface area (Å²) in [6, 6.07) is 7.18. The first kappa shape index (κ1) is 18.4. The molecule has 0 saturated heterocycles. The number of nitrogens with one attached hydrogen (secondary N) is 1. The van der Waals surface area contributed by atoms with Gasteiger partial charge in [0.15, 0.2) is 0 Å². The highest BCUT2D eigenvalue weighted by Crippen LogP contribution is 2.08. The Balaban J connectivity index is 0.00000361. The van der Waals surface area contributed by atoms with Crippen molar-refractivity contribution < 1.29 is 9.59 Å². The summed E-state index contributed by atoms with van der Waals surface area (Å²) in [5.74, 6) is -0.403. The third-order valence-electron chi connectivity index (χ3n) is 3.02. The Morgan fingerprint density at radius 2 is 1.85 bits per heavy atom. The maximum atomic E-state index is 12.2. The van der Waals surface area contributed by atoms with E-state index in [9.17, 15) is 9.59 Å². The van der Waals surface area contributed by atoms with Gasteiger partial charge in [-0.3, -0.25) is 9.59 Å². The van der Waals surface area contributed by atoms with E-state index in [1.807, 2.05) is 12.1 Å². The van der Waals surface area contributed by atoms with Gasteiger partial charge in [-0.15, -0.1) is 12.4 Å². The molecule has 20 heavy (non-hydrogen) atoms. The molecule has 5 nitrogen and oxygen atoms in total. The summed E-state index contributed by atoms with van der Waals surface area (Å²) in [5.41, 5.74) is 7.10. The first-order valence-electron chi connectivity index (χ1n) is 6.25. The number of nitrogens with two attached hydrogens (primary N) is 1. The van der Waals surface area contributed by atoms with Gasteiger partial charge in [0, 0.05) is 32.7 Å². The molecule has 2 amide bonds. The van der Waals surface area contributed by atoms with E-state index in [-0.39, 0.29) is 30.1 Å². The van der Waals surface area contributed by atoms with Gasteiger partial charge in [0.2, 0.25) is 5.91 Å². The minimum Gasteiger partial charge on any atom is -0.359 e. The van der Waals surface area contributed by atoms with Crippen molar-refractivity contribution in [1.82, 2.24) is 10.2 Å². The van der Waals surface area contributed by atoms with Crippen LogP contribution in [0.1, 0.15) is 22.8 Å². The lowest BCUT2D eigenvalue weighted by molar-refractivity contribution is -0.124. The summed E-state index contributed by atoms with van der Waals surface area (Å²) in [4.78, 5) is 25.1. The maximum Gasteiger partial charge on any atom is 0.253 e. The third kappa shape index (κ3) is 4.83. The average molecular weight is 300 g/mol. The highest BCUT2D eigenvalue weighted by molar-refractivity contribution is 5.94. The number of halogens is 1. The number of amides is 2. The van der Waals surface area contributed by atoms with Crippen molar-refractivity contribution in [3.05, 3.63) is 35.4 Å². The Labute approximate surface area is 125 Å². The van der Waals surface area contributed by atoms with E-state index in [0.717, 1.165) is 5.56 Å². The van der Waals surface area contributed by atoms with Crippen molar-refractivity contribution in [1.29, 1.82) is 0 Å². The molecular weight excluding hydrogens is 278 g/mol. The van der Waals surface area contributed by atoms with Crippen LogP contribution in [0.2, 0.25) is 0 Å². The van der Waals surface area contributed by atoms with Gasteiger partial charge in [-0.1, -0.05) is 19.1 Å². The molecule has 0 saturated carbocycles. The third-order valence-corrected chi connectivity index (χ3v) is 3.02. The second kappa shape index (κ2) is 8.55. The van der Waals surface area contributed by atoms with E-state index in [1.165, 1.54) is 0 Å². The standard InChI is InChI=1S/C14H21N3O2.ClH/c1-10(13(18)16-2)9-17(3)14(19)12-6-4-11(8-15)5-7-12;/h4-7,10H,8-9,15H2,1-3H3,(H,16,18);1H. The van der Waals surface area contributed by atoms with Crippen LogP contribution in [0.25, 0.3) is 0 Å². The van der Waals surface area contributed by atoms with Crippen molar-refractivity contribution in [2.45, 2.75) is 13.5 Å². The van der Waals surface area contributed by atoms with Gasteiger partial charge in [0.1, 0.15) is 0 Å². The van der Waals surface area contributed by atoms with Crippen LogP contribution in [-0.2, 0) is 11.3 Å². The highest BCUT2D eigenvalue weighted by atomic mass is 35.5. The van der Waals surface area contributed by atoms with Gasteiger partial charge in [0.05, 0.1) is 5.92 Å². The fourth-order valence-corrected chi connectivity index (χ4v) is 1.83. The van der Waals surface area contributed by atoms with Crippen molar-refractivity contribution in [3.63, 3.8) is 0 Å². The number of hydrogen-bond donors (Lipinski definition) is 2. The molecule has 1 unspecified atom stereocenters. The molecule has 0 heterocycles. The Morgan fingerprint density at radius 3 is 2.30 bits per heavy atom. The van der Waals surface area contributed by atoms with E-state index in [2.05, 4.69) is 5.32 Å². The molecule has 0 fully saturated rings. The SMILES string of the molecule is CNC(=O)C(C)CN(C)C(=O)c1ccc(CN)cc1.Cl. The number of benzene rings is 1. The Bertz CT molecular complexity index is 448. The summed E-state index contributed by atoms with van der Waals surface area (Å²) >= 11 is 0. The molecule has 0 aromatic heterocycles. The average Bonchev–Trinajstić information content (AvgIpc) is 2.45. The molecule has 112 valence electrons. The first-order valence-corrected chi connectivity index (χ1v) is 6.25. The van der Waals surface area contributed by atoms with E-state index >= 15 is 0 Å². The lowest BCUT2D eigenvalue weighted by Gasteiger charge is -2.20. The molecule has 1 aromatic rings. The van der Waals surface area contributed by atoms with E-state index < -0.39 is 0 Å². The molecule has 6 heteroatoms. The second-order valence-corrected chi connectivity index (χ2v) is 4.60. The van der Waals surface area contributed by atoms with Crippen LogP contribution in [0.4, 0.5) is 0 Å². The zero-order valence-corrected chi connectivity index (χ0v) is 12.9. The van der Waals surface area contributed by atoms with Crippen LogP contribution in [0.3, 0.4) is 0 Å².